The number of thiophene rings is 1. The molecule has 114 valence electrons. The summed E-state index contributed by atoms with van der Waals surface area (Å²) >= 11 is 3.68. The van der Waals surface area contributed by atoms with Crippen LogP contribution in [0.5, 0.6) is 0 Å². The second-order valence-electron chi connectivity index (χ2n) is 4.39. The number of hydrogen-bond donors (Lipinski definition) is 1. The van der Waals surface area contributed by atoms with Gasteiger partial charge < -0.3 is 15.1 Å². The first-order chi connectivity index (χ1) is 9.35. The van der Waals surface area contributed by atoms with E-state index >= 15 is 0 Å². The molecule has 1 aliphatic rings. The minimum Gasteiger partial charge on any atom is -0.360 e. The number of halogens is 1. The Morgan fingerprint density at radius 1 is 1.40 bits per heavy atom. The summed E-state index contributed by atoms with van der Waals surface area (Å²) in [5, 5.41) is 6.95. The zero-order chi connectivity index (χ0) is 13.5. The van der Waals surface area contributed by atoms with E-state index in [-0.39, 0.29) is 24.0 Å². The Morgan fingerprint density at radius 3 is 2.70 bits per heavy atom. The molecule has 0 unspecified atom stereocenters. The highest BCUT2D eigenvalue weighted by Crippen LogP contribution is 2.22. The molecule has 0 atom stereocenters. The van der Waals surface area contributed by atoms with Crippen molar-refractivity contribution < 1.29 is 0 Å². The highest BCUT2D eigenvalue weighted by Gasteiger charge is 2.19. The summed E-state index contributed by atoms with van der Waals surface area (Å²) in [6.07, 6.45) is 2.13. The molecule has 1 N–H and O–H groups in total. The van der Waals surface area contributed by atoms with E-state index in [1.807, 2.05) is 30.1 Å². The number of thioether (sulfide) groups is 1. The van der Waals surface area contributed by atoms with E-state index in [0.29, 0.717) is 0 Å². The largest absolute Gasteiger partial charge is 0.360 e. The Hall–Kier alpha value is -0.150. The van der Waals surface area contributed by atoms with E-state index in [2.05, 4.69) is 43.9 Å². The lowest BCUT2D eigenvalue weighted by Gasteiger charge is -2.37. The zero-order valence-corrected chi connectivity index (χ0v) is 16.0. The number of aliphatic imine (C=N–C) groups is 1. The van der Waals surface area contributed by atoms with E-state index < -0.39 is 0 Å². The van der Waals surface area contributed by atoms with Crippen LogP contribution in [0.3, 0.4) is 0 Å². The molecule has 4 nitrogen and oxygen atoms in total. The van der Waals surface area contributed by atoms with Gasteiger partial charge in [-0.3, -0.25) is 4.99 Å². The zero-order valence-electron chi connectivity index (χ0n) is 12.0. The number of guanidine groups is 1. The molecule has 0 spiro atoms. The molecule has 1 aliphatic heterocycles. The van der Waals surface area contributed by atoms with E-state index in [4.69, 9.17) is 0 Å². The van der Waals surface area contributed by atoms with Gasteiger partial charge in [0.25, 0.3) is 0 Å². The monoisotopic (exact) mass is 426 g/mol. The predicted molar refractivity (Wildman–Crippen MR) is 103 cm³/mol. The summed E-state index contributed by atoms with van der Waals surface area (Å²) < 4.78 is 0. The van der Waals surface area contributed by atoms with Gasteiger partial charge in [-0.15, -0.1) is 35.3 Å². The molecular formula is C13H23IN4S2. The average Bonchev–Trinajstić information content (AvgIpc) is 2.98. The average molecular weight is 426 g/mol. The quantitative estimate of drug-likeness (QED) is 0.347. The van der Waals surface area contributed by atoms with Crippen LogP contribution >= 0.6 is 47.1 Å². The summed E-state index contributed by atoms with van der Waals surface area (Å²) in [6, 6.07) is 4.32. The van der Waals surface area contributed by atoms with Gasteiger partial charge in [-0.05, 0) is 23.8 Å². The highest BCUT2D eigenvalue weighted by molar-refractivity contribution is 14.0. The normalized spacial score (nSPS) is 16.0. The summed E-state index contributed by atoms with van der Waals surface area (Å²) in [5.41, 5.74) is 0. The van der Waals surface area contributed by atoms with Crippen molar-refractivity contribution >= 4 is 58.0 Å². The molecule has 0 radical (unpaired) electrons. The van der Waals surface area contributed by atoms with Crippen LogP contribution in [0.15, 0.2) is 22.5 Å². The SMILES string of the molecule is CN=C(NCCSC)N1CCN(c2cccs2)CC1.I. The number of rotatable bonds is 4. The van der Waals surface area contributed by atoms with Crippen molar-refractivity contribution in [3.05, 3.63) is 17.5 Å². The fourth-order valence-corrected chi connectivity index (χ4v) is 3.28. The maximum absolute atomic E-state index is 4.38. The Kier molecular flexibility index (Phi) is 8.70. The van der Waals surface area contributed by atoms with Crippen molar-refractivity contribution in [3.8, 4) is 0 Å². The number of nitrogens with zero attached hydrogens (tertiary/aromatic N) is 3. The van der Waals surface area contributed by atoms with Crippen molar-refractivity contribution in [1.29, 1.82) is 0 Å². The summed E-state index contributed by atoms with van der Waals surface area (Å²) in [6.45, 7) is 5.21. The first kappa shape index (κ1) is 17.9. The van der Waals surface area contributed by atoms with Gasteiger partial charge in [0.1, 0.15) is 0 Å². The molecule has 20 heavy (non-hydrogen) atoms. The second kappa shape index (κ2) is 9.73. The predicted octanol–water partition coefficient (Wildman–Crippen LogP) is 2.43. The molecule has 1 fully saturated rings. The molecule has 0 aliphatic carbocycles. The molecule has 2 heterocycles. The molecule has 7 heteroatoms. The standard InChI is InChI=1S/C13H22N4S2.HI/c1-14-13(15-5-11-18-2)17-8-6-16(7-9-17)12-4-3-10-19-12;/h3-4,10H,5-9,11H2,1-2H3,(H,14,15);1H. The Labute approximate surface area is 147 Å². The maximum atomic E-state index is 4.38. The fourth-order valence-electron chi connectivity index (χ4n) is 2.19. The van der Waals surface area contributed by atoms with E-state index in [1.165, 1.54) is 5.00 Å². The summed E-state index contributed by atoms with van der Waals surface area (Å²) in [7, 11) is 1.87. The second-order valence-corrected chi connectivity index (χ2v) is 6.30. The number of hydrogen-bond acceptors (Lipinski definition) is 4. The third kappa shape index (κ3) is 5.00. The molecule has 0 amide bonds. The lowest BCUT2D eigenvalue weighted by atomic mass is 10.3. The Bertz CT molecular complexity index is 389. The van der Waals surface area contributed by atoms with Gasteiger partial charge in [0.15, 0.2) is 5.96 Å². The molecule has 2 rings (SSSR count). The maximum Gasteiger partial charge on any atom is 0.193 e. The van der Waals surface area contributed by atoms with Gasteiger partial charge >= 0.3 is 0 Å². The van der Waals surface area contributed by atoms with Crippen molar-refractivity contribution in [3.63, 3.8) is 0 Å². The molecule has 1 aromatic heterocycles. The molecule has 0 saturated carbocycles. The van der Waals surface area contributed by atoms with Crippen molar-refractivity contribution in [2.75, 3.05) is 56.7 Å². The van der Waals surface area contributed by atoms with Gasteiger partial charge in [-0.25, -0.2) is 0 Å². The van der Waals surface area contributed by atoms with Crippen LogP contribution in [0.2, 0.25) is 0 Å². The summed E-state index contributed by atoms with van der Waals surface area (Å²) in [5.74, 6) is 2.16. The molecule has 1 aromatic rings. The third-order valence-corrected chi connectivity index (χ3v) is 4.74. The van der Waals surface area contributed by atoms with E-state index in [1.54, 1.807) is 0 Å². The van der Waals surface area contributed by atoms with Gasteiger partial charge in [-0.2, -0.15) is 11.8 Å². The topological polar surface area (TPSA) is 30.9 Å². The number of nitrogens with one attached hydrogen (secondary N) is 1. The number of piperazine rings is 1. The van der Waals surface area contributed by atoms with Crippen molar-refractivity contribution in [2.45, 2.75) is 0 Å². The summed E-state index contributed by atoms with van der Waals surface area (Å²) in [4.78, 5) is 9.18. The molecule has 0 bridgehead atoms. The van der Waals surface area contributed by atoms with Crippen LogP contribution in [-0.2, 0) is 0 Å². The minimum atomic E-state index is 0. The third-order valence-electron chi connectivity index (χ3n) is 3.20. The first-order valence-corrected chi connectivity index (χ1v) is 8.85. The molecular weight excluding hydrogens is 403 g/mol. The lowest BCUT2D eigenvalue weighted by molar-refractivity contribution is 0.374. The van der Waals surface area contributed by atoms with Gasteiger partial charge in [-0.1, -0.05) is 0 Å². The van der Waals surface area contributed by atoms with Gasteiger partial charge in [0.05, 0.1) is 5.00 Å². The Balaban J connectivity index is 0.00000200. The van der Waals surface area contributed by atoms with Crippen LogP contribution in [0.25, 0.3) is 0 Å². The minimum absolute atomic E-state index is 0. The smallest absolute Gasteiger partial charge is 0.193 e. The lowest BCUT2D eigenvalue weighted by Crippen LogP contribution is -2.52. The van der Waals surface area contributed by atoms with Gasteiger partial charge in [0, 0.05) is 45.5 Å². The van der Waals surface area contributed by atoms with Crippen LogP contribution < -0.4 is 10.2 Å². The fraction of sp³-hybridized carbons (Fsp3) is 0.615. The van der Waals surface area contributed by atoms with Crippen LogP contribution in [-0.4, -0.2) is 62.6 Å². The van der Waals surface area contributed by atoms with E-state index in [9.17, 15) is 0 Å². The highest BCUT2D eigenvalue weighted by atomic mass is 127. The molecule has 0 aromatic carbocycles. The van der Waals surface area contributed by atoms with E-state index in [0.717, 1.165) is 44.4 Å². The van der Waals surface area contributed by atoms with Crippen molar-refractivity contribution in [1.82, 2.24) is 10.2 Å². The van der Waals surface area contributed by atoms with Gasteiger partial charge in [0.2, 0.25) is 0 Å². The van der Waals surface area contributed by atoms with Crippen molar-refractivity contribution in [2.24, 2.45) is 4.99 Å². The Morgan fingerprint density at radius 2 is 2.15 bits per heavy atom. The van der Waals surface area contributed by atoms with Crippen LogP contribution in [0.4, 0.5) is 5.00 Å². The van der Waals surface area contributed by atoms with Crippen LogP contribution in [0, 0.1) is 0 Å². The number of anilines is 1. The first-order valence-electron chi connectivity index (χ1n) is 6.58. The molecule has 1 saturated heterocycles. The van der Waals surface area contributed by atoms with Crippen LogP contribution in [0.1, 0.15) is 0 Å².